The number of hydrogen-bond acceptors (Lipinski definition) is 2. The number of amides is 1. The van der Waals surface area contributed by atoms with E-state index in [9.17, 15) is 4.79 Å². The molecule has 0 saturated heterocycles. The lowest BCUT2D eigenvalue weighted by Gasteiger charge is -2.27. The molecule has 0 aromatic carbocycles. The van der Waals surface area contributed by atoms with Crippen molar-refractivity contribution in [1.29, 1.82) is 0 Å². The van der Waals surface area contributed by atoms with Gasteiger partial charge in [-0.25, -0.2) is 0 Å². The summed E-state index contributed by atoms with van der Waals surface area (Å²) in [5.74, 6) is 0.313. The first-order chi connectivity index (χ1) is 8.13. The highest BCUT2D eigenvalue weighted by atomic mass is 16.2. The van der Waals surface area contributed by atoms with E-state index in [4.69, 9.17) is 5.73 Å². The van der Waals surface area contributed by atoms with E-state index in [-0.39, 0.29) is 0 Å². The van der Waals surface area contributed by atoms with Crippen LogP contribution < -0.4 is 5.73 Å². The molecule has 0 aromatic heterocycles. The zero-order chi connectivity index (χ0) is 13.1. The Morgan fingerprint density at radius 2 is 1.82 bits per heavy atom. The summed E-state index contributed by atoms with van der Waals surface area (Å²) >= 11 is 0. The molecule has 0 aromatic rings. The van der Waals surface area contributed by atoms with Gasteiger partial charge in [0, 0.05) is 19.0 Å². The summed E-state index contributed by atoms with van der Waals surface area (Å²) in [6, 6.07) is 0.328. The van der Waals surface area contributed by atoms with Crippen LogP contribution in [0, 0.1) is 0 Å². The average molecular weight is 242 g/mol. The molecule has 102 valence electrons. The van der Waals surface area contributed by atoms with E-state index in [0.717, 1.165) is 38.8 Å². The minimum absolute atomic E-state index is 0.313. The van der Waals surface area contributed by atoms with Crippen LogP contribution in [0.4, 0.5) is 0 Å². The second kappa shape index (κ2) is 10.6. The summed E-state index contributed by atoms with van der Waals surface area (Å²) in [5, 5.41) is 0. The second-order valence-corrected chi connectivity index (χ2v) is 4.99. The molecule has 0 aliphatic carbocycles. The van der Waals surface area contributed by atoms with Crippen LogP contribution in [0.25, 0.3) is 0 Å². The summed E-state index contributed by atoms with van der Waals surface area (Å²) in [4.78, 5) is 14.1. The lowest BCUT2D eigenvalue weighted by molar-refractivity contribution is -0.133. The SMILES string of the molecule is CCCCCN(C(=O)CCCCCN)C(C)C. The fraction of sp³-hybridized carbons (Fsp3) is 0.929. The Labute approximate surface area is 107 Å². The van der Waals surface area contributed by atoms with Gasteiger partial charge in [0.25, 0.3) is 0 Å². The number of rotatable bonds is 10. The van der Waals surface area contributed by atoms with Crippen molar-refractivity contribution < 1.29 is 4.79 Å². The highest BCUT2D eigenvalue weighted by Gasteiger charge is 2.15. The van der Waals surface area contributed by atoms with Crippen LogP contribution in [0.15, 0.2) is 0 Å². The maximum atomic E-state index is 12.0. The van der Waals surface area contributed by atoms with E-state index >= 15 is 0 Å². The van der Waals surface area contributed by atoms with Crippen molar-refractivity contribution >= 4 is 5.91 Å². The third-order valence-electron chi connectivity index (χ3n) is 3.04. The summed E-state index contributed by atoms with van der Waals surface area (Å²) in [6.45, 7) is 8.04. The first kappa shape index (κ1) is 16.4. The molecule has 0 spiro atoms. The number of carbonyl (C=O) groups is 1. The van der Waals surface area contributed by atoms with Crippen molar-refractivity contribution in [3.05, 3.63) is 0 Å². The number of carbonyl (C=O) groups excluding carboxylic acids is 1. The van der Waals surface area contributed by atoms with Gasteiger partial charge in [0.2, 0.25) is 5.91 Å². The second-order valence-electron chi connectivity index (χ2n) is 4.99. The molecule has 0 radical (unpaired) electrons. The van der Waals surface area contributed by atoms with Gasteiger partial charge in [-0.1, -0.05) is 26.2 Å². The van der Waals surface area contributed by atoms with Crippen LogP contribution in [0.2, 0.25) is 0 Å². The smallest absolute Gasteiger partial charge is 0.222 e. The van der Waals surface area contributed by atoms with Crippen molar-refractivity contribution in [2.45, 2.75) is 71.8 Å². The molecule has 0 saturated carbocycles. The van der Waals surface area contributed by atoms with Crippen molar-refractivity contribution in [2.75, 3.05) is 13.1 Å². The average Bonchev–Trinajstić information content (AvgIpc) is 2.29. The Balaban J connectivity index is 3.89. The number of nitrogens with two attached hydrogens (primary N) is 1. The molecule has 0 unspecified atom stereocenters. The molecule has 2 N–H and O–H groups in total. The van der Waals surface area contributed by atoms with Crippen LogP contribution >= 0.6 is 0 Å². The fourth-order valence-electron chi connectivity index (χ4n) is 1.94. The molecule has 0 aliphatic rings. The maximum absolute atomic E-state index is 12.0. The summed E-state index contributed by atoms with van der Waals surface area (Å²) in [6.07, 6.45) is 7.31. The predicted molar refractivity (Wildman–Crippen MR) is 73.9 cm³/mol. The number of unbranched alkanes of at least 4 members (excludes halogenated alkanes) is 4. The topological polar surface area (TPSA) is 46.3 Å². The minimum atomic E-state index is 0.313. The molecule has 0 rings (SSSR count). The Kier molecular flexibility index (Phi) is 10.2. The first-order valence-corrected chi connectivity index (χ1v) is 7.13. The van der Waals surface area contributed by atoms with Gasteiger partial charge < -0.3 is 10.6 Å². The Morgan fingerprint density at radius 3 is 2.35 bits per heavy atom. The van der Waals surface area contributed by atoms with Gasteiger partial charge in [0.05, 0.1) is 0 Å². The molecule has 0 heterocycles. The van der Waals surface area contributed by atoms with Crippen molar-refractivity contribution in [2.24, 2.45) is 5.73 Å². The molecule has 0 atom stereocenters. The number of hydrogen-bond donors (Lipinski definition) is 1. The molecule has 1 amide bonds. The van der Waals surface area contributed by atoms with E-state index < -0.39 is 0 Å². The lowest BCUT2D eigenvalue weighted by Crippen LogP contribution is -2.37. The van der Waals surface area contributed by atoms with Crippen LogP contribution in [0.1, 0.15) is 65.7 Å². The van der Waals surface area contributed by atoms with Crippen LogP contribution in [0.3, 0.4) is 0 Å². The van der Waals surface area contributed by atoms with E-state index in [1.54, 1.807) is 0 Å². The van der Waals surface area contributed by atoms with Gasteiger partial charge in [-0.15, -0.1) is 0 Å². The normalized spacial score (nSPS) is 10.9. The monoisotopic (exact) mass is 242 g/mol. The maximum Gasteiger partial charge on any atom is 0.222 e. The molecule has 3 heteroatoms. The zero-order valence-electron chi connectivity index (χ0n) is 11.9. The third kappa shape index (κ3) is 8.19. The third-order valence-corrected chi connectivity index (χ3v) is 3.04. The molecule has 0 fully saturated rings. The van der Waals surface area contributed by atoms with Crippen molar-refractivity contribution in [3.8, 4) is 0 Å². The predicted octanol–water partition coefficient (Wildman–Crippen LogP) is 2.93. The Hall–Kier alpha value is -0.570. The van der Waals surface area contributed by atoms with Gasteiger partial charge in [0.15, 0.2) is 0 Å². The van der Waals surface area contributed by atoms with Gasteiger partial charge in [-0.2, -0.15) is 0 Å². The standard InChI is InChI=1S/C14H30N2O/c1-4-5-9-12-16(13(2)3)14(17)10-7-6-8-11-15/h13H,4-12,15H2,1-3H3. The van der Waals surface area contributed by atoms with Gasteiger partial charge in [-0.05, 0) is 39.7 Å². The fourth-order valence-corrected chi connectivity index (χ4v) is 1.94. The molecule has 17 heavy (non-hydrogen) atoms. The molecular weight excluding hydrogens is 212 g/mol. The van der Waals surface area contributed by atoms with E-state index in [1.807, 2.05) is 4.90 Å². The first-order valence-electron chi connectivity index (χ1n) is 7.13. The minimum Gasteiger partial charge on any atom is -0.340 e. The quantitative estimate of drug-likeness (QED) is 0.599. The van der Waals surface area contributed by atoms with Crippen molar-refractivity contribution in [3.63, 3.8) is 0 Å². The van der Waals surface area contributed by atoms with E-state index in [1.165, 1.54) is 12.8 Å². The number of nitrogens with zero attached hydrogens (tertiary/aromatic N) is 1. The van der Waals surface area contributed by atoms with Crippen molar-refractivity contribution in [1.82, 2.24) is 4.90 Å². The van der Waals surface area contributed by atoms with Crippen LogP contribution in [-0.4, -0.2) is 29.9 Å². The van der Waals surface area contributed by atoms with Gasteiger partial charge in [-0.3, -0.25) is 4.79 Å². The summed E-state index contributed by atoms with van der Waals surface area (Å²) in [7, 11) is 0. The highest BCUT2D eigenvalue weighted by molar-refractivity contribution is 5.76. The Bertz CT molecular complexity index is 193. The Morgan fingerprint density at radius 1 is 1.12 bits per heavy atom. The lowest BCUT2D eigenvalue weighted by atomic mass is 10.1. The summed E-state index contributed by atoms with van der Waals surface area (Å²) < 4.78 is 0. The molecule has 0 aliphatic heterocycles. The van der Waals surface area contributed by atoms with Crippen LogP contribution in [0.5, 0.6) is 0 Å². The van der Waals surface area contributed by atoms with Gasteiger partial charge in [0.1, 0.15) is 0 Å². The van der Waals surface area contributed by atoms with E-state index in [2.05, 4.69) is 20.8 Å². The summed E-state index contributed by atoms with van der Waals surface area (Å²) in [5.41, 5.74) is 5.44. The zero-order valence-corrected chi connectivity index (χ0v) is 11.9. The van der Waals surface area contributed by atoms with Gasteiger partial charge >= 0.3 is 0 Å². The molecule has 3 nitrogen and oxygen atoms in total. The largest absolute Gasteiger partial charge is 0.340 e. The van der Waals surface area contributed by atoms with Crippen LogP contribution in [-0.2, 0) is 4.79 Å². The highest BCUT2D eigenvalue weighted by Crippen LogP contribution is 2.08. The molecular formula is C14H30N2O. The van der Waals surface area contributed by atoms with E-state index in [0.29, 0.717) is 18.4 Å². The molecule has 0 bridgehead atoms.